The van der Waals surface area contributed by atoms with Crippen molar-refractivity contribution in [3.05, 3.63) is 29.3 Å². The molecular weight excluding hydrogens is 342 g/mol. The van der Waals surface area contributed by atoms with Gasteiger partial charge in [-0.3, -0.25) is 9.59 Å². The summed E-state index contributed by atoms with van der Waals surface area (Å²) >= 11 is 0. The highest BCUT2D eigenvalue weighted by Crippen LogP contribution is 2.21. The van der Waals surface area contributed by atoms with Crippen LogP contribution >= 0.6 is 0 Å². The third-order valence-corrected chi connectivity index (χ3v) is 5.58. The SMILES string of the molecule is Cc1ccc(C)c(NC(=O)CCN2CCC(C(=O)N3CCOCC3)CC2)c1. The van der Waals surface area contributed by atoms with Gasteiger partial charge in [0.05, 0.1) is 13.2 Å². The van der Waals surface area contributed by atoms with Gasteiger partial charge in [0, 0.05) is 37.7 Å². The van der Waals surface area contributed by atoms with Gasteiger partial charge in [0.25, 0.3) is 0 Å². The molecule has 0 unspecified atom stereocenters. The van der Waals surface area contributed by atoms with Crippen LogP contribution in [-0.4, -0.2) is 67.6 Å². The number of nitrogens with zero attached hydrogens (tertiary/aromatic N) is 2. The predicted molar refractivity (Wildman–Crippen MR) is 106 cm³/mol. The molecule has 0 bridgehead atoms. The summed E-state index contributed by atoms with van der Waals surface area (Å²) in [7, 11) is 0. The van der Waals surface area contributed by atoms with Gasteiger partial charge in [-0.25, -0.2) is 0 Å². The number of hydrogen-bond donors (Lipinski definition) is 1. The molecule has 2 amide bonds. The quantitative estimate of drug-likeness (QED) is 0.860. The van der Waals surface area contributed by atoms with Crippen LogP contribution in [0.3, 0.4) is 0 Å². The van der Waals surface area contributed by atoms with Gasteiger partial charge in [0.2, 0.25) is 11.8 Å². The fraction of sp³-hybridized carbons (Fsp3) is 0.619. The number of hydrogen-bond acceptors (Lipinski definition) is 4. The number of rotatable bonds is 5. The zero-order valence-corrected chi connectivity index (χ0v) is 16.5. The fourth-order valence-electron chi connectivity index (χ4n) is 3.79. The molecule has 0 saturated carbocycles. The largest absolute Gasteiger partial charge is 0.378 e. The Bertz CT molecular complexity index is 663. The minimum absolute atomic E-state index is 0.0511. The van der Waals surface area contributed by atoms with Crippen LogP contribution in [0, 0.1) is 19.8 Å². The molecule has 1 aromatic rings. The van der Waals surface area contributed by atoms with Crippen LogP contribution in [0.1, 0.15) is 30.4 Å². The highest BCUT2D eigenvalue weighted by Gasteiger charge is 2.29. The molecule has 2 aliphatic rings. The average Bonchev–Trinajstić information content (AvgIpc) is 2.70. The second-order valence-corrected chi connectivity index (χ2v) is 7.67. The van der Waals surface area contributed by atoms with Crippen LogP contribution in [0.15, 0.2) is 18.2 Å². The van der Waals surface area contributed by atoms with E-state index in [1.807, 2.05) is 36.9 Å². The molecule has 6 nitrogen and oxygen atoms in total. The maximum absolute atomic E-state index is 12.6. The number of nitrogens with one attached hydrogen (secondary N) is 1. The Labute approximate surface area is 161 Å². The lowest BCUT2D eigenvalue weighted by Gasteiger charge is -2.35. The molecule has 2 aliphatic heterocycles. The van der Waals surface area contributed by atoms with Crippen molar-refractivity contribution in [3.8, 4) is 0 Å². The standard InChI is InChI=1S/C21H31N3O3/c1-16-3-4-17(2)19(15-16)22-20(25)7-10-23-8-5-18(6-9-23)21(26)24-11-13-27-14-12-24/h3-4,15,18H,5-14H2,1-2H3,(H,22,25). The van der Waals surface area contributed by atoms with Gasteiger partial charge in [-0.15, -0.1) is 0 Å². The van der Waals surface area contributed by atoms with Crippen LogP contribution in [0.4, 0.5) is 5.69 Å². The normalized spacial score (nSPS) is 19.1. The smallest absolute Gasteiger partial charge is 0.225 e. The molecule has 2 fully saturated rings. The summed E-state index contributed by atoms with van der Waals surface area (Å²) in [6.45, 7) is 9.29. The second-order valence-electron chi connectivity index (χ2n) is 7.67. The zero-order chi connectivity index (χ0) is 19.2. The van der Waals surface area contributed by atoms with Gasteiger partial charge in [0.1, 0.15) is 0 Å². The number of ether oxygens (including phenoxy) is 1. The number of carbonyl (C=O) groups excluding carboxylic acids is 2. The fourth-order valence-corrected chi connectivity index (χ4v) is 3.79. The van der Waals surface area contributed by atoms with Gasteiger partial charge in [-0.05, 0) is 57.0 Å². The average molecular weight is 373 g/mol. The molecule has 2 saturated heterocycles. The second kappa shape index (κ2) is 9.33. The molecule has 6 heteroatoms. The highest BCUT2D eigenvalue weighted by atomic mass is 16.5. The van der Waals surface area contributed by atoms with E-state index in [9.17, 15) is 9.59 Å². The highest BCUT2D eigenvalue weighted by molar-refractivity contribution is 5.91. The number of benzene rings is 1. The number of aryl methyl sites for hydroxylation is 2. The Kier molecular flexibility index (Phi) is 6.85. The van der Waals surface area contributed by atoms with Crippen LogP contribution in [0.25, 0.3) is 0 Å². The number of carbonyl (C=O) groups is 2. The molecule has 0 aliphatic carbocycles. The molecule has 27 heavy (non-hydrogen) atoms. The van der Waals surface area contributed by atoms with Crippen LogP contribution in [0.5, 0.6) is 0 Å². The van der Waals surface area contributed by atoms with Crippen molar-refractivity contribution in [2.24, 2.45) is 5.92 Å². The van der Waals surface area contributed by atoms with E-state index in [0.717, 1.165) is 62.4 Å². The summed E-state index contributed by atoms with van der Waals surface area (Å²) in [4.78, 5) is 29.1. The third kappa shape index (κ3) is 5.53. The van der Waals surface area contributed by atoms with Gasteiger partial charge < -0.3 is 19.9 Å². The summed E-state index contributed by atoms with van der Waals surface area (Å²) in [6.07, 6.45) is 2.25. The molecule has 1 N–H and O–H groups in total. The molecule has 0 aromatic heterocycles. The Balaban J connectivity index is 1.39. The summed E-state index contributed by atoms with van der Waals surface area (Å²) in [5.41, 5.74) is 3.12. The van der Waals surface area contributed by atoms with Crippen molar-refractivity contribution >= 4 is 17.5 Å². The molecule has 148 valence electrons. The number of amides is 2. The van der Waals surface area contributed by atoms with Crippen LogP contribution < -0.4 is 5.32 Å². The summed E-state index contributed by atoms with van der Waals surface area (Å²) in [5.74, 6) is 0.462. The van der Waals surface area contributed by atoms with Crippen molar-refractivity contribution in [3.63, 3.8) is 0 Å². The number of morpholine rings is 1. The Morgan fingerprint density at radius 3 is 2.52 bits per heavy atom. The molecule has 0 spiro atoms. The first kappa shape index (κ1) is 19.8. The lowest BCUT2D eigenvalue weighted by Crippen LogP contribution is -2.47. The van der Waals surface area contributed by atoms with Crippen molar-refractivity contribution in [1.82, 2.24) is 9.80 Å². The summed E-state index contributed by atoms with van der Waals surface area (Å²) in [6, 6.07) is 6.09. The van der Waals surface area contributed by atoms with E-state index in [1.165, 1.54) is 0 Å². The monoisotopic (exact) mass is 373 g/mol. The number of likely N-dealkylation sites (tertiary alicyclic amines) is 1. The molecular formula is C21H31N3O3. The lowest BCUT2D eigenvalue weighted by atomic mass is 9.95. The molecule has 3 rings (SSSR count). The lowest BCUT2D eigenvalue weighted by molar-refractivity contribution is -0.141. The van der Waals surface area contributed by atoms with Crippen molar-refractivity contribution < 1.29 is 14.3 Å². The van der Waals surface area contributed by atoms with Gasteiger partial charge in [0.15, 0.2) is 0 Å². The van der Waals surface area contributed by atoms with E-state index in [1.54, 1.807) is 0 Å². The van der Waals surface area contributed by atoms with E-state index < -0.39 is 0 Å². The first-order chi connectivity index (χ1) is 13.0. The maximum atomic E-state index is 12.6. The zero-order valence-electron chi connectivity index (χ0n) is 16.5. The van der Waals surface area contributed by atoms with E-state index in [4.69, 9.17) is 4.74 Å². The molecule has 2 heterocycles. The maximum Gasteiger partial charge on any atom is 0.225 e. The number of anilines is 1. The van der Waals surface area contributed by atoms with Gasteiger partial charge in [-0.2, -0.15) is 0 Å². The molecule has 0 radical (unpaired) electrons. The summed E-state index contributed by atoms with van der Waals surface area (Å²) < 4.78 is 5.33. The first-order valence-corrected chi connectivity index (χ1v) is 9.99. The van der Waals surface area contributed by atoms with Crippen LogP contribution in [0.2, 0.25) is 0 Å². The summed E-state index contributed by atoms with van der Waals surface area (Å²) in [5, 5.41) is 3.02. The van der Waals surface area contributed by atoms with Crippen molar-refractivity contribution in [2.75, 3.05) is 51.3 Å². The topological polar surface area (TPSA) is 61.9 Å². The minimum atomic E-state index is 0.0511. The third-order valence-electron chi connectivity index (χ3n) is 5.58. The van der Waals surface area contributed by atoms with Crippen molar-refractivity contribution in [2.45, 2.75) is 33.1 Å². The Morgan fingerprint density at radius 1 is 1.11 bits per heavy atom. The van der Waals surface area contributed by atoms with Crippen LogP contribution in [-0.2, 0) is 14.3 Å². The Hall–Kier alpha value is -1.92. The Morgan fingerprint density at radius 2 is 1.81 bits per heavy atom. The number of piperidine rings is 1. The molecule has 0 atom stereocenters. The van der Waals surface area contributed by atoms with Gasteiger partial charge >= 0.3 is 0 Å². The van der Waals surface area contributed by atoms with Crippen molar-refractivity contribution in [1.29, 1.82) is 0 Å². The molecule has 1 aromatic carbocycles. The van der Waals surface area contributed by atoms with E-state index >= 15 is 0 Å². The van der Waals surface area contributed by atoms with E-state index in [2.05, 4.69) is 10.2 Å². The first-order valence-electron chi connectivity index (χ1n) is 9.99. The van der Waals surface area contributed by atoms with E-state index in [-0.39, 0.29) is 17.7 Å². The minimum Gasteiger partial charge on any atom is -0.378 e. The van der Waals surface area contributed by atoms with E-state index in [0.29, 0.717) is 19.6 Å². The van der Waals surface area contributed by atoms with Gasteiger partial charge in [-0.1, -0.05) is 12.1 Å². The predicted octanol–water partition coefficient (Wildman–Crippen LogP) is 2.20.